The SMILES string of the molecule is O=C([C@@H]1N[C@@H]2c3ccc(C4=CCCC4)c(=O)n3C[C@@H]2[C@H]1CO)N1CCc2ccccc2C1. The fourth-order valence-electron chi connectivity index (χ4n) is 6.28. The summed E-state index contributed by atoms with van der Waals surface area (Å²) in [6.45, 7) is 1.83. The van der Waals surface area contributed by atoms with Gasteiger partial charge in [-0.05, 0) is 54.5 Å². The third-order valence-corrected chi connectivity index (χ3v) is 7.99. The molecule has 1 amide bonds. The normalized spacial score (nSPS) is 28.3. The first-order valence-electron chi connectivity index (χ1n) is 11.8. The summed E-state index contributed by atoms with van der Waals surface area (Å²) < 4.78 is 1.87. The molecule has 4 atom stereocenters. The Hall–Kier alpha value is -2.70. The van der Waals surface area contributed by atoms with Gasteiger partial charge in [0.25, 0.3) is 5.56 Å². The molecule has 1 aliphatic carbocycles. The molecule has 4 aliphatic rings. The van der Waals surface area contributed by atoms with E-state index in [9.17, 15) is 14.7 Å². The molecule has 166 valence electrons. The van der Waals surface area contributed by atoms with Crippen molar-refractivity contribution in [2.75, 3.05) is 13.2 Å². The lowest BCUT2D eigenvalue weighted by Gasteiger charge is -2.33. The molecule has 4 heterocycles. The van der Waals surface area contributed by atoms with E-state index in [2.05, 4.69) is 23.5 Å². The van der Waals surface area contributed by atoms with Gasteiger partial charge in [0.1, 0.15) is 0 Å². The van der Waals surface area contributed by atoms with Crippen LogP contribution in [0, 0.1) is 11.8 Å². The minimum Gasteiger partial charge on any atom is -0.396 e. The van der Waals surface area contributed by atoms with Crippen LogP contribution in [-0.2, 0) is 24.3 Å². The van der Waals surface area contributed by atoms with Crippen LogP contribution in [0.1, 0.15) is 47.7 Å². The van der Waals surface area contributed by atoms with Crippen LogP contribution in [-0.4, -0.2) is 39.7 Å². The van der Waals surface area contributed by atoms with Crippen LogP contribution >= 0.6 is 0 Å². The molecule has 6 rings (SSSR count). The highest BCUT2D eigenvalue weighted by Crippen LogP contribution is 2.43. The summed E-state index contributed by atoms with van der Waals surface area (Å²) in [6, 6.07) is 11.8. The molecule has 6 heteroatoms. The lowest BCUT2D eigenvalue weighted by Crippen LogP contribution is -2.49. The predicted molar refractivity (Wildman–Crippen MR) is 122 cm³/mol. The van der Waals surface area contributed by atoms with Crippen molar-refractivity contribution in [1.29, 1.82) is 0 Å². The van der Waals surface area contributed by atoms with Gasteiger partial charge in [0.15, 0.2) is 0 Å². The first kappa shape index (κ1) is 19.9. The molecule has 3 aliphatic heterocycles. The molecule has 0 saturated carbocycles. The Bertz CT molecular complexity index is 1170. The van der Waals surface area contributed by atoms with Crippen molar-refractivity contribution >= 4 is 11.5 Å². The lowest BCUT2D eigenvalue weighted by atomic mass is 9.87. The zero-order valence-corrected chi connectivity index (χ0v) is 18.2. The van der Waals surface area contributed by atoms with Gasteiger partial charge >= 0.3 is 0 Å². The summed E-state index contributed by atoms with van der Waals surface area (Å²) in [5.41, 5.74) is 5.50. The van der Waals surface area contributed by atoms with E-state index in [1.807, 2.05) is 33.7 Å². The van der Waals surface area contributed by atoms with Crippen molar-refractivity contribution in [3.63, 3.8) is 0 Å². The second-order valence-corrected chi connectivity index (χ2v) is 9.62. The average Bonchev–Trinajstić information content (AvgIpc) is 3.54. The van der Waals surface area contributed by atoms with Gasteiger partial charge in [0, 0.05) is 49.3 Å². The molecule has 0 radical (unpaired) electrons. The van der Waals surface area contributed by atoms with E-state index in [0.29, 0.717) is 19.6 Å². The number of carbonyl (C=O) groups excluding carboxylic acids is 1. The number of amides is 1. The number of nitrogens with one attached hydrogen (secondary N) is 1. The Balaban J connectivity index is 1.26. The molecule has 0 unspecified atom stereocenters. The Morgan fingerprint density at radius 3 is 2.75 bits per heavy atom. The molecule has 1 fully saturated rings. The van der Waals surface area contributed by atoms with Crippen LogP contribution in [0.4, 0.5) is 0 Å². The number of pyridine rings is 1. The highest BCUT2D eigenvalue weighted by Gasteiger charge is 2.51. The van der Waals surface area contributed by atoms with E-state index in [4.69, 9.17) is 0 Å². The minimum absolute atomic E-state index is 0.0477. The molecule has 1 aromatic carbocycles. The van der Waals surface area contributed by atoms with Gasteiger partial charge in [-0.15, -0.1) is 0 Å². The fourth-order valence-corrected chi connectivity index (χ4v) is 6.28. The van der Waals surface area contributed by atoms with Gasteiger partial charge in [0.05, 0.1) is 12.1 Å². The Kier molecular flexibility index (Phi) is 4.81. The topological polar surface area (TPSA) is 74.6 Å². The molecule has 2 aromatic rings. The molecule has 2 N–H and O–H groups in total. The minimum atomic E-state index is -0.415. The summed E-state index contributed by atoms with van der Waals surface area (Å²) in [5, 5.41) is 13.8. The molecule has 1 saturated heterocycles. The number of allylic oxidation sites excluding steroid dienone is 2. The van der Waals surface area contributed by atoms with E-state index < -0.39 is 6.04 Å². The quantitative estimate of drug-likeness (QED) is 0.782. The predicted octanol–water partition coefficient (Wildman–Crippen LogP) is 2.25. The van der Waals surface area contributed by atoms with E-state index >= 15 is 0 Å². The molecular weight excluding hydrogens is 402 g/mol. The van der Waals surface area contributed by atoms with Crippen molar-refractivity contribution in [1.82, 2.24) is 14.8 Å². The molecular formula is C26H29N3O3. The van der Waals surface area contributed by atoms with E-state index in [-0.39, 0.29) is 36.0 Å². The number of fused-ring (bicyclic) bond motifs is 4. The van der Waals surface area contributed by atoms with Gasteiger partial charge in [-0.1, -0.05) is 30.3 Å². The first-order valence-corrected chi connectivity index (χ1v) is 11.8. The van der Waals surface area contributed by atoms with Crippen molar-refractivity contribution in [2.45, 2.75) is 50.9 Å². The van der Waals surface area contributed by atoms with Crippen molar-refractivity contribution in [3.05, 3.63) is 75.2 Å². The second kappa shape index (κ2) is 7.71. The summed E-state index contributed by atoms with van der Waals surface area (Å²) in [7, 11) is 0. The second-order valence-electron chi connectivity index (χ2n) is 9.62. The summed E-state index contributed by atoms with van der Waals surface area (Å²) in [6.07, 6.45) is 6.16. The number of rotatable bonds is 3. The highest BCUT2D eigenvalue weighted by atomic mass is 16.3. The zero-order chi connectivity index (χ0) is 21.8. The number of aromatic nitrogens is 1. The van der Waals surface area contributed by atoms with Gasteiger partial charge in [0.2, 0.25) is 5.91 Å². The number of carbonyl (C=O) groups is 1. The lowest BCUT2D eigenvalue weighted by molar-refractivity contribution is -0.135. The molecule has 0 bridgehead atoms. The highest BCUT2D eigenvalue weighted by molar-refractivity contribution is 5.83. The van der Waals surface area contributed by atoms with Crippen LogP contribution in [0.5, 0.6) is 0 Å². The van der Waals surface area contributed by atoms with Gasteiger partial charge < -0.3 is 14.6 Å². The van der Waals surface area contributed by atoms with Crippen molar-refractivity contribution < 1.29 is 9.90 Å². The van der Waals surface area contributed by atoms with Crippen LogP contribution in [0.15, 0.2) is 47.3 Å². The number of benzene rings is 1. The van der Waals surface area contributed by atoms with Gasteiger partial charge in [-0.3, -0.25) is 14.9 Å². The van der Waals surface area contributed by atoms with E-state index in [0.717, 1.165) is 42.5 Å². The smallest absolute Gasteiger partial charge is 0.258 e. The zero-order valence-electron chi connectivity index (χ0n) is 18.2. The van der Waals surface area contributed by atoms with Gasteiger partial charge in [-0.25, -0.2) is 0 Å². The molecule has 1 aromatic heterocycles. The molecule has 6 nitrogen and oxygen atoms in total. The number of hydrogen-bond donors (Lipinski definition) is 2. The number of aliphatic hydroxyl groups is 1. The maximum atomic E-state index is 13.5. The first-order chi connectivity index (χ1) is 15.7. The standard InChI is InChI=1S/C26H29N3O3/c30-15-21-20-14-29-22(10-9-19(25(29)31)17-6-2-3-7-17)23(20)27-24(21)26(32)28-12-11-16-5-1-4-8-18(16)13-28/h1,4-6,8-10,20-21,23-24,27,30H,2-3,7,11-15H2/t20-,21-,23+,24-/m1/s1. The summed E-state index contributed by atoms with van der Waals surface area (Å²) in [5.74, 6) is -0.0840. The number of hydrogen-bond acceptors (Lipinski definition) is 4. The molecule has 0 spiro atoms. The van der Waals surface area contributed by atoms with Crippen LogP contribution in [0.3, 0.4) is 0 Å². The van der Waals surface area contributed by atoms with Crippen molar-refractivity contribution in [3.8, 4) is 0 Å². The Morgan fingerprint density at radius 2 is 1.97 bits per heavy atom. The fraction of sp³-hybridized carbons (Fsp3) is 0.462. The molecule has 32 heavy (non-hydrogen) atoms. The number of nitrogens with zero attached hydrogens (tertiary/aromatic N) is 2. The Morgan fingerprint density at radius 1 is 1.12 bits per heavy atom. The van der Waals surface area contributed by atoms with E-state index in [1.165, 1.54) is 11.1 Å². The number of aliphatic hydroxyl groups excluding tert-OH is 1. The van der Waals surface area contributed by atoms with Crippen molar-refractivity contribution in [2.24, 2.45) is 11.8 Å². The largest absolute Gasteiger partial charge is 0.396 e. The maximum absolute atomic E-state index is 13.5. The Labute approximate surface area is 187 Å². The van der Waals surface area contributed by atoms with Gasteiger partial charge in [-0.2, -0.15) is 0 Å². The van der Waals surface area contributed by atoms with Crippen LogP contribution < -0.4 is 10.9 Å². The maximum Gasteiger partial charge on any atom is 0.258 e. The van der Waals surface area contributed by atoms with Crippen LogP contribution in [0.25, 0.3) is 5.57 Å². The van der Waals surface area contributed by atoms with E-state index in [1.54, 1.807) is 0 Å². The average molecular weight is 432 g/mol. The third kappa shape index (κ3) is 3.00. The monoisotopic (exact) mass is 431 g/mol. The summed E-state index contributed by atoms with van der Waals surface area (Å²) in [4.78, 5) is 28.6. The van der Waals surface area contributed by atoms with Crippen LogP contribution in [0.2, 0.25) is 0 Å². The summed E-state index contributed by atoms with van der Waals surface area (Å²) >= 11 is 0. The third-order valence-electron chi connectivity index (χ3n) is 7.99.